The summed E-state index contributed by atoms with van der Waals surface area (Å²) in [4.78, 5) is 22.4. The van der Waals surface area contributed by atoms with Crippen LogP contribution >= 0.6 is 0 Å². The molecule has 1 N–H and O–H groups in total. The van der Waals surface area contributed by atoms with Crippen LogP contribution in [0.25, 0.3) is 0 Å². The Kier molecular flexibility index (Phi) is 4.28. The highest BCUT2D eigenvalue weighted by atomic mass is 16.2. The summed E-state index contributed by atoms with van der Waals surface area (Å²) in [6, 6.07) is 5.98. The van der Waals surface area contributed by atoms with Crippen LogP contribution in [0.3, 0.4) is 0 Å². The SMILES string of the molecule is CC(=O)CC(=O)Nc1ccc(C(C)(C)C)cc1C. The average molecular weight is 247 g/mol. The maximum atomic E-state index is 11.5. The summed E-state index contributed by atoms with van der Waals surface area (Å²) >= 11 is 0. The summed E-state index contributed by atoms with van der Waals surface area (Å²) < 4.78 is 0. The lowest BCUT2D eigenvalue weighted by Gasteiger charge is -2.20. The van der Waals surface area contributed by atoms with Crippen LogP contribution in [0, 0.1) is 6.92 Å². The Balaban J connectivity index is 2.87. The van der Waals surface area contributed by atoms with E-state index in [0.29, 0.717) is 0 Å². The fraction of sp³-hybridized carbons (Fsp3) is 0.467. The van der Waals surface area contributed by atoms with Gasteiger partial charge >= 0.3 is 0 Å². The van der Waals surface area contributed by atoms with Crippen LogP contribution in [0.15, 0.2) is 18.2 Å². The quantitative estimate of drug-likeness (QED) is 0.834. The third kappa shape index (κ3) is 3.99. The van der Waals surface area contributed by atoms with Gasteiger partial charge in [0.05, 0.1) is 6.42 Å². The van der Waals surface area contributed by atoms with Gasteiger partial charge in [-0.25, -0.2) is 0 Å². The summed E-state index contributed by atoms with van der Waals surface area (Å²) in [7, 11) is 0. The highest BCUT2D eigenvalue weighted by Gasteiger charge is 2.15. The molecule has 0 saturated carbocycles. The van der Waals surface area contributed by atoms with E-state index in [1.807, 2.05) is 19.1 Å². The average Bonchev–Trinajstić information content (AvgIpc) is 2.18. The Bertz CT molecular complexity index is 470. The first-order valence-corrected chi connectivity index (χ1v) is 6.10. The number of hydrogen-bond donors (Lipinski definition) is 1. The zero-order valence-electron chi connectivity index (χ0n) is 11.8. The van der Waals surface area contributed by atoms with E-state index in [-0.39, 0.29) is 23.5 Å². The summed E-state index contributed by atoms with van der Waals surface area (Å²) in [5, 5.41) is 2.76. The van der Waals surface area contributed by atoms with E-state index >= 15 is 0 Å². The summed E-state index contributed by atoms with van der Waals surface area (Å²) in [5.74, 6) is -0.384. The van der Waals surface area contributed by atoms with E-state index in [9.17, 15) is 9.59 Å². The fourth-order valence-electron chi connectivity index (χ4n) is 1.69. The lowest BCUT2D eigenvalue weighted by Crippen LogP contribution is -2.16. The second kappa shape index (κ2) is 5.34. The molecule has 3 nitrogen and oxygen atoms in total. The molecule has 1 aromatic carbocycles. The number of rotatable bonds is 3. The molecule has 0 fully saturated rings. The van der Waals surface area contributed by atoms with Crippen molar-refractivity contribution in [2.75, 3.05) is 5.32 Å². The van der Waals surface area contributed by atoms with Gasteiger partial charge < -0.3 is 5.32 Å². The summed E-state index contributed by atoms with van der Waals surface area (Å²) in [6.45, 7) is 9.81. The standard InChI is InChI=1S/C15H21NO2/c1-10-8-12(15(3,4)5)6-7-13(10)16-14(18)9-11(2)17/h6-8H,9H2,1-5H3,(H,16,18). The number of Topliss-reactive ketones (excluding diaryl/α,β-unsaturated/α-hetero) is 1. The van der Waals surface area contributed by atoms with Gasteiger partial charge in [0.15, 0.2) is 0 Å². The number of carbonyl (C=O) groups is 2. The molecule has 98 valence electrons. The van der Waals surface area contributed by atoms with Gasteiger partial charge in [-0.05, 0) is 36.5 Å². The molecule has 0 aliphatic rings. The molecule has 3 heteroatoms. The van der Waals surface area contributed by atoms with Crippen LogP contribution in [0.5, 0.6) is 0 Å². The third-order valence-electron chi connectivity index (χ3n) is 2.78. The molecule has 1 amide bonds. The Hall–Kier alpha value is -1.64. The van der Waals surface area contributed by atoms with Gasteiger partial charge in [0.25, 0.3) is 0 Å². The van der Waals surface area contributed by atoms with Gasteiger partial charge in [0.2, 0.25) is 5.91 Å². The molecule has 0 aromatic heterocycles. The van der Waals surface area contributed by atoms with E-state index in [1.165, 1.54) is 12.5 Å². The lowest BCUT2D eigenvalue weighted by atomic mass is 9.86. The highest BCUT2D eigenvalue weighted by molar-refractivity contribution is 6.03. The van der Waals surface area contributed by atoms with Gasteiger partial charge in [-0.15, -0.1) is 0 Å². The lowest BCUT2D eigenvalue weighted by molar-refractivity contribution is -0.124. The smallest absolute Gasteiger partial charge is 0.231 e. The van der Waals surface area contributed by atoms with Crippen LogP contribution in [-0.2, 0) is 15.0 Å². The summed E-state index contributed by atoms with van der Waals surface area (Å²) in [5.41, 5.74) is 3.10. The second-order valence-corrected chi connectivity index (χ2v) is 5.71. The number of aryl methyl sites for hydroxylation is 1. The molecule has 0 spiro atoms. The van der Waals surface area contributed by atoms with Crippen LogP contribution in [0.1, 0.15) is 45.2 Å². The van der Waals surface area contributed by atoms with Crippen molar-refractivity contribution in [1.82, 2.24) is 0 Å². The number of carbonyl (C=O) groups excluding carboxylic acids is 2. The Morgan fingerprint density at radius 1 is 1.22 bits per heavy atom. The minimum Gasteiger partial charge on any atom is -0.325 e. The van der Waals surface area contributed by atoms with E-state index in [1.54, 1.807) is 0 Å². The normalized spacial score (nSPS) is 11.2. The molecule has 0 aliphatic carbocycles. The molecule has 1 aromatic rings. The van der Waals surface area contributed by atoms with Gasteiger partial charge in [-0.1, -0.05) is 32.9 Å². The Labute approximate surface area is 109 Å². The molecule has 0 radical (unpaired) electrons. The number of hydrogen-bond acceptors (Lipinski definition) is 2. The molecule has 1 rings (SSSR count). The second-order valence-electron chi connectivity index (χ2n) is 5.71. The zero-order valence-corrected chi connectivity index (χ0v) is 11.8. The van der Waals surface area contributed by atoms with Crippen molar-refractivity contribution in [2.24, 2.45) is 0 Å². The Morgan fingerprint density at radius 2 is 1.83 bits per heavy atom. The van der Waals surface area contributed by atoms with E-state index in [4.69, 9.17) is 0 Å². The van der Waals surface area contributed by atoms with Crippen LogP contribution in [0.2, 0.25) is 0 Å². The summed E-state index contributed by atoms with van der Waals surface area (Å²) in [6.07, 6.45) is -0.0690. The minimum atomic E-state index is -0.255. The van der Waals surface area contributed by atoms with E-state index in [0.717, 1.165) is 11.3 Å². The van der Waals surface area contributed by atoms with Crippen molar-refractivity contribution in [2.45, 2.75) is 46.5 Å². The van der Waals surface area contributed by atoms with Crippen molar-refractivity contribution < 1.29 is 9.59 Å². The molecule has 0 heterocycles. The molecule has 0 aliphatic heterocycles. The molecule has 0 unspecified atom stereocenters. The molecule has 0 saturated heterocycles. The topological polar surface area (TPSA) is 46.2 Å². The first-order valence-electron chi connectivity index (χ1n) is 6.10. The number of anilines is 1. The fourth-order valence-corrected chi connectivity index (χ4v) is 1.69. The maximum Gasteiger partial charge on any atom is 0.231 e. The predicted octanol–water partition coefficient (Wildman–Crippen LogP) is 3.21. The number of amides is 1. The van der Waals surface area contributed by atoms with Crippen molar-refractivity contribution in [3.8, 4) is 0 Å². The highest BCUT2D eigenvalue weighted by Crippen LogP contribution is 2.26. The first-order chi connectivity index (χ1) is 8.20. The van der Waals surface area contributed by atoms with Crippen molar-refractivity contribution >= 4 is 17.4 Å². The van der Waals surface area contributed by atoms with Crippen LogP contribution in [0.4, 0.5) is 5.69 Å². The van der Waals surface area contributed by atoms with Crippen LogP contribution in [-0.4, -0.2) is 11.7 Å². The largest absolute Gasteiger partial charge is 0.325 e. The Morgan fingerprint density at radius 3 is 2.28 bits per heavy atom. The zero-order chi connectivity index (χ0) is 13.9. The van der Waals surface area contributed by atoms with Gasteiger partial charge in [-0.3, -0.25) is 9.59 Å². The van der Waals surface area contributed by atoms with Crippen molar-refractivity contribution in [1.29, 1.82) is 0 Å². The number of benzene rings is 1. The number of nitrogens with one attached hydrogen (secondary N) is 1. The molecule has 0 atom stereocenters. The molecule has 18 heavy (non-hydrogen) atoms. The predicted molar refractivity (Wildman–Crippen MR) is 73.8 cm³/mol. The molecular formula is C15H21NO2. The minimum absolute atomic E-state index is 0.0690. The molecular weight excluding hydrogens is 226 g/mol. The monoisotopic (exact) mass is 247 g/mol. The van der Waals surface area contributed by atoms with Gasteiger partial charge in [-0.2, -0.15) is 0 Å². The van der Waals surface area contributed by atoms with Crippen molar-refractivity contribution in [3.63, 3.8) is 0 Å². The first kappa shape index (κ1) is 14.4. The van der Waals surface area contributed by atoms with Crippen LogP contribution < -0.4 is 5.32 Å². The van der Waals surface area contributed by atoms with E-state index in [2.05, 4.69) is 32.2 Å². The third-order valence-corrected chi connectivity index (χ3v) is 2.78. The number of ketones is 1. The van der Waals surface area contributed by atoms with E-state index < -0.39 is 0 Å². The van der Waals surface area contributed by atoms with Crippen molar-refractivity contribution in [3.05, 3.63) is 29.3 Å². The van der Waals surface area contributed by atoms with Gasteiger partial charge in [0, 0.05) is 5.69 Å². The van der Waals surface area contributed by atoms with Gasteiger partial charge in [0.1, 0.15) is 5.78 Å². The molecule has 0 bridgehead atoms. The maximum absolute atomic E-state index is 11.5.